The van der Waals surface area contributed by atoms with Crippen molar-refractivity contribution >= 4 is 5.97 Å². The Labute approximate surface area is 160 Å². The zero-order chi connectivity index (χ0) is 18.3. The normalized spacial score (nSPS) is 30.9. The van der Waals surface area contributed by atoms with Crippen molar-refractivity contribution in [1.29, 1.82) is 0 Å². The quantitative estimate of drug-likeness (QED) is 0.529. The molecule has 3 nitrogen and oxygen atoms in total. The van der Waals surface area contributed by atoms with Gasteiger partial charge in [-0.05, 0) is 86.1 Å². The number of esters is 1. The number of carbonyl (C=O) groups is 1. The first-order chi connectivity index (χ1) is 13.2. The average molecular weight is 362 g/mol. The number of hydrogen-bond acceptors (Lipinski definition) is 3. The van der Waals surface area contributed by atoms with E-state index in [1.54, 1.807) is 0 Å². The van der Waals surface area contributed by atoms with Crippen molar-refractivity contribution in [2.24, 2.45) is 23.2 Å². The highest BCUT2D eigenvalue weighted by molar-refractivity contribution is 5.79. The average Bonchev–Trinajstić information content (AvgIpc) is 2.67. The second-order valence-electron chi connectivity index (χ2n) is 8.83. The van der Waals surface area contributed by atoms with E-state index in [4.69, 9.17) is 9.47 Å². The lowest BCUT2D eigenvalue weighted by Crippen LogP contribution is -2.51. The first kappa shape index (κ1) is 16.9. The summed E-state index contributed by atoms with van der Waals surface area (Å²) >= 11 is 0. The van der Waals surface area contributed by atoms with E-state index >= 15 is 0 Å². The molecule has 2 aromatic carbocycles. The zero-order valence-electron chi connectivity index (χ0n) is 15.6. The molecule has 0 heterocycles. The lowest BCUT2D eigenvalue weighted by atomic mass is 9.49. The van der Waals surface area contributed by atoms with Crippen molar-refractivity contribution in [3.05, 3.63) is 60.2 Å². The summed E-state index contributed by atoms with van der Waals surface area (Å²) in [6, 6.07) is 17.5. The third kappa shape index (κ3) is 3.36. The summed E-state index contributed by atoms with van der Waals surface area (Å²) in [5, 5.41) is 0. The molecule has 0 radical (unpaired) electrons. The van der Waals surface area contributed by atoms with Crippen LogP contribution in [0.25, 0.3) is 0 Å². The van der Waals surface area contributed by atoms with Crippen LogP contribution < -0.4 is 9.47 Å². The molecule has 4 bridgehead atoms. The molecule has 27 heavy (non-hydrogen) atoms. The van der Waals surface area contributed by atoms with Gasteiger partial charge in [0.25, 0.3) is 0 Å². The summed E-state index contributed by atoms with van der Waals surface area (Å²) in [5.41, 5.74) is 0.923. The van der Waals surface area contributed by atoms with Crippen molar-refractivity contribution in [3.8, 4) is 11.5 Å². The van der Waals surface area contributed by atoms with Gasteiger partial charge in [0.05, 0.1) is 5.41 Å². The molecular weight excluding hydrogens is 336 g/mol. The summed E-state index contributed by atoms with van der Waals surface area (Å²) in [6.07, 6.45) is 7.11. The molecule has 0 spiro atoms. The molecule has 4 aliphatic carbocycles. The fraction of sp³-hybridized carbons (Fsp3) is 0.458. The molecular formula is C24H26O3. The molecule has 4 saturated carbocycles. The third-order valence-corrected chi connectivity index (χ3v) is 6.75. The van der Waals surface area contributed by atoms with Crippen LogP contribution in [-0.4, -0.2) is 5.97 Å². The zero-order valence-corrected chi connectivity index (χ0v) is 15.6. The standard InChI is InChI=1S/C24H26O3/c25-23(24-13-18-10-19(14-24)12-20(11-18)15-24)27-22-8-6-21(7-9-22)26-16-17-4-2-1-3-5-17/h1-9,18-20H,10-16H2. The highest BCUT2D eigenvalue weighted by atomic mass is 16.5. The maximum atomic E-state index is 13.0. The van der Waals surface area contributed by atoms with Crippen molar-refractivity contribution in [2.75, 3.05) is 0 Å². The molecule has 0 saturated heterocycles. The molecule has 6 rings (SSSR count). The molecule has 0 aromatic heterocycles. The topological polar surface area (TPSA) is 35.5 Å². The van der Waals surface area contributed by atoms with Crippen LogP contribution in [0.3, 0.4) is 0 Å². The van der Waals surface area contributed by atoms with Crippen molar-refractivity contribution in [2.45, 2.75) is 45.1 Å². The van der Waals surface area contributed by atoms with Crippen LogP contribution in [0, 0.1) is 23.2 Å². The third-order valence-electron chi connectivity index (χ3n) is 6.75. The van der Waals surface area contributed by atoms with Crippen molar-refractivity contribution in [3.63, 3.8) is 0 Å². The first-order valence-corrected chi connectivity index (χ1v) is 10.2. The van der Waals surface area contributed by atoms with E-state index in [-0.39, 0.29) is 11.4 Å². The Kier molecular flexibility index (Phi) is 4.18. The molecule has 140 valence electrons. The Morgan fingerprint density at radius 1 is 0.815 bits per heavy atom. The van der Waals surface area contributed by atoms with Gasteiger partial charge in [-0.2, -0.15) is 0 Å². The molecule has 0 aliphatic heterocycles. The summed E-state index contributed by atoms with van der Waals surface area (Å²) in [4.78, 5) is 13.0. The number of rotatable bonds is 5. The molecule has 0 amide bonds. The van der Waals surface area contributed by atoms with Crippen LogP contribution >= 0.6 is 0 Å². The van der Waals surface area contributed by atoms with Crippen molar-refractivity contribution in [1.82, 2.24) is 0 Å². The molecule has 4 aliphatic rings. The molecule has 0 N–H and O–H groups in total. The van der Waals surface area contributed by atoms with Crippen LogP contribution in [0.2, 0.25) is 0 Å². The van der Waals surface area contributed by atoms with Crippen LogP contribution in [0.1, 0.15) is 44.1 Å². The molecule has 0 unspecified atom stereocenters. The lowest BCUT2D eigenvalue weighted by Gasteiger charge is -2.55. The monoisotopic (exact) mass is 362 g/mol. The number of benzene rings is 2. The van der Waals surface area contributed by atoms with E-state index in [1.165, 1.54) is 19.3 Å². The Bertz CT molecular complexity index is 774. The van der Waals surface area contributed by atoms with Crippen LogP contribution in [0.5, 0.6) is 11.5 Å². The van der Waals surface area contributed by atoms with Crippen LogP contribution in [-0.2, 0) is 11.4 Å². The molecule has 4 fully saturated rings. The first-order valence-electron chi connectivity index (χ1n) is 10.2. The van der Waals surface area contributed by atoms with E-state index in [9.17, 15) is 4.79 Å². The van der Waals surface area contributed by atoms with Gasteiger partial charge in [0, 0.05) is 0 Å². The minimum absolute atomic E-state index is 0.000413. The van der Waals surface area contributed by atoms with Gasteiger partial charge >= 0.3 is 5.97 Å². The molecule has 3 heteroatoms. The highest BCUT2D eigenvalue weighted by Gasteiger charge is 2.55. The Morgan fingerprint density at radius 3 is 1.96 bits per heavy atom. The number of hydrogen-bond donors (Lipinski definition) is 0. The maximum absolute atomic E-state index is 13.0. The summed E-state index contributed by atoms with van der Waals surface area (Å²) in [7, 11) is 0. The Hall–Kier alpha value is -2.29. The minimum atomic E-state index is -0.211. The van der Waals surface area contributed by atoms with E-state index in [1.807, 2.05) is 54.6 Å². The van der Waals surface area contributed by atoms with E-state index in [0.29, 0.717) is 12.4 Å². The van der Waals surface area contributed by atoms with Crippen molar-refractivity contribution < 1.29 is 14.3 Å². The predicted octanol–water partition coefficient (Wildman–Crippen LogP) is 5.39. The maximum Gasteiger partial charge on any atom is 0.317 e. The van der Waals surface area contributed by atoms with Gasteiger partial charge in [0.15, 0.2) is 0 Å². The fourth-order valence-corrected chi connectivity index (χ4v) is 5.92. The smallest absolute Gasteiger partial charge is 0.317 e. The lowest BCUT2D eigenvalue weighted by molar-refractivity contribution is -0.161. The summed E-state index contributed by atoms with van der Waals surface area (Å²) in [5.74, 6) is 3.66. The van der Waals surface area contributed by atoms with Crippen LogP contribution in [0.15, 0.2) is 54.6 Å². The number of ether oxygens (including phenoxy) is 2. The Morgan fingerprint density at radius 2 is 1.37 bits per heavy atom. The van der Waals surface area contributed by atoms with Gasteiger partial charge in [0.2, 0.25) is 0 Å². The van der Waals surface area contributed by atoms with E-state index in [2.05, 4.69) is 0 Å². The molecule has 2 aromatic rings. The van der Waals surface area contributed by atoms with Gasteiger partial charge < -0.3 is 9.47 Å². The Balaban J connectivity index is 1.22. The second kappa shape index (κ2) is 6.70. The van der Waals surface area contributed by atoms with Gasteiger partial charge in [-0.25, -0.2) is 0 Å². The van der Waals surface area contributed by atoms with Crippen LogP contribution in [0.4, 0.5) is 0 Å². The van der Waals surface area contributed by atoms with Gasteiger partial charge in [-0.1, -0.05) is 30.3 Å². The molecule has 0 atom stereocenters. The van der Waals surface area contributed by atoms with E-state index < -0.39 is 0 Å². The van der Waals surface area contributed by atoms with Gasteiger partial charge in [-0.3, -0.25) is 4.79 Å². The largest absolute Gasteiger partial charge is 0.489 e. The number of carbonyl (C=O) groups excluding carboxylic acids is 1. The summed E-state index contributed by atoms with van der Waals surface area (Å²) in [6.45, 7) is 0.535. The van der Waals surface area contributed by atoms with E-state index in [0.717, 1.165) is 48.3 Å². The predicted molar refractivity (Wildman–Crippen MR) is 103 cm³/mol. The minimum Gasteiger partial charge on any atom is -0.489 e. The van der Waals surface area contributed by atoms with Gasteiger partial charge in [0.1, 0.15) is 18.1 Å². The fourth-order valence-electron chi connectivity index (χ4n) is 5.92. The SMILES string of the molecule is O=C(Oc1ccc(OCc2ccccc2)cc1)C12CC3CC(CC(C3)C1)C2. The summed E-state index contributed by atoms with van der Waals surface area (Å²) < 4.78 is 11.6. The highest BCUT2D eigenvalue weighted by Crippen LogP contribution is 2.60. The second-order valence-corrected chi connectivity index (χ2v) is 8.83. The van der Waals surface area contributed by atoms with Gasteiger partial charge in [-0.15, -0.1) is 0 Å².